The number of ether oxygens (including phenoxy) is 3. The normalized spacial score (nSPS) is 8.73. The average Bonchev–Trinajstić information content (AvgIpc) is 2.29. The van der Waals surface area contributed by atoms with Gasteiger partial charge in [0.2, 0.25) is 5.75 Å². The summed E-state index contributed by atoms with van der Waals surface area (Å²) in [5.74, 6) is 7.46. The molecule has 80 valence electrons. The minimum atomic E-state index is 0.347. The Morgan fingerprint density at radius 3 is 2.47 bits per heavy atom. The maximum atomic E-state index is 5.43. The summed E-state index contributed by atoms with van der Waals surface area (Å²) in [5, 5.41) is 0. The van der Waals surface area contributed by atoms with Gasteiger partial charge in [0.1, 0.15) is 6.61 Å². The quantitative estimate of drug-likeness (QED) is 0.706. The third-order valence-electron chi connectivity index (χ3n) is 1.84. The molecule has 0 saturated heterocycles. The van der Waals surface area contributed by atoms with Crippen molar-refractivity contribution in [3.05, 3.63) is 18.2 Å². The fourth-order valence-electron chi connectivity index (χ4n) is 1.16. The Bertz CT molecular complexity index is 374. The summed E-state index contributed by atoms with van der Waals surface area (Å²) in [6, 6.07) is 5.48. The molecule has 3 nitrogen and oxygen atoms in total. The number of hydrogen-bond acceptors (Lipinski definition) is 3. The lowest BCUT2D eigenvalue weighted by atomic mass is 10.3. The molecule has 0 aliphatic carbocycles. The van der Waals surface area contributed by atoms with Gasteiger partial charge in [-0.3, -0.25) is 0 Å². The second-order valence-electron chi connectivity index (χ2n) is 2.71. The Balaban J connectivity index is 2.88. The third-order valence-corrected chi connectivity index (χ3v) is 1.84. The molecular weight excluding hydrogens is 192 g/mol. The third kappa shape index (κ3) is 2.81. The minimum Gasteiger partial charge on any atom is -0.493 e. The van der Waals surface area contributed by atoms with Crippen molar-refractivity contribution in [2.24, 2.45) is 0 Å². The van der Waals surface area contributed by atoms with E-state index in [2.05, 4.69) is 11.8 Å². The van der Waals surface area contributed by atoms with Crippen LogP contribution >= 0.6 is 0 Å². The summed E-state index contributed by atoms with van der Waals surface area (Å²) >= 11 is 0. The molecule has 0 saturated carbocycles. The Labute approximate surface area is 90.0 Å². The largest absolute Gasteiger partial charge is 0.493 e. The maximum absolute atomic E-state index is 5.43. The summed E-state index contributed by atoms with van der Waals surface area (Å²) in [4.78, 5) is 0. The van der Waals surface area contributed by atoms with E-state index in [0.717, 1.165) is 0 Å². The molecule has 0 amide bonds. The Hall–Kier alpha value is -1.82. The van der Waals surface area contributed by atoms with Crippen LogP contribution in [0.4, 0.5) is 0 Å². The standard InChI is InChI=1S/C12H14O3/c1-4-5-9-15-11-8-6-7-10(13-2)12(11)14-3/h6-8H,9H2,1-3H3. The molecule has 0 radical (unpaired) electrons. The smallest absolute Gasteiger partial charge is 0.203 e. The lowest BCUT2D eigenvalue weighted by Gasteiger charge is -2.11. The Morgan fingerprint density at radius 1 is 1.13 bits per heavy atom. The number of para-hydroxylation sites is 1. The molecule has 3 heteroatoms. The van der Waals surface area contributed by atoms with Crippen molar-refractivity contribution in [2.75, 3.05) is 20.8 Å². The number of benzene rings is 1. The highest BCUT2D eigenvalue weighted by molar-refractivity contribution is 5.51. The molecule has 0 unspecified atom stereocenters. The zero-order chi connectivity index (χ0) is 11.1. The van der Waals surface area contributed by atoms with Crippen LogP contribution < -0.4 is 14.2 Å². The number of hydrogen-bond donors (Lipinski definition) is 0. The second-order valence-corrected chi connectivity index (χ2v) is 2.71. The van der Waals surface area contributed by atoms with Gasteiger partial charge in [-0.2, -0.15) is 0 Å². The van der Waals surface area contributed by atoms with E-state index in [1.807, 2.05) is 18.2 Å². The van der Waals surface area contributed by atoms with Crippen LogP contribution in [0.3, 0.4) is 0 Å². The Morgan fingerprint density at radius 2 is 1.87 bits per heavy atom. The van der Waals surface area contributed by atoms with Crippen LogP contribution in [0.1, 0.15) is 6.92 Å². The van der Waals surface area contributed by atoms with Crippen molar-refractivity contribution in [2.45, 2.75) is 6.92 Å². The van der Waals surface area contributed by atoms with Crippen LogP contribution in [-0.2, 0) is 0 Å². The zero-order valence-electron chi connectivity index (χ0n) is 9.16. The van der Waals surface area contributed by atoms with Crippen LogP contribution in [0.2, 0.25) is 0 Å². The van der Waals surface area contributed by atoms with Gasteiger partial charge in [-0.15, -0.1) is 5.92 Å². The van der Waals surface area contributed by atoms with E-state index in [1.54, 1.807) is 21.1 Å². The van der Waals surface area contributed by atoms with Crippen LogP contribution in [0.15, 0.2) is 18.2 Å². The van der Waals surface area contributed by atoms with Crippen molar-refractivity contribution < 1.29 is 14.2 Å². The van der Waals surface area contributed by atoms with Gasteiger partial charge in [0.25, 0.3) is 0 Å². The molecular formula is C12H14O3. The van der Waals surface area contributed by atoms with Crippen molar-refractivity contribution in [1.82, 2.24) is 0 Å². The number of methoxy groups -OCH3 is 2. The molecule has 0 spiro atoms. The van der Waals surface area contributed by atoms with Gasteiger partial charge in [0.05, 0.1) is 14.2 Å². The molecule has 0 atom stereocenters. The molecule has 1 aromatic carbocycles. The number of rotatable bonds is 4. The first kappa shape index (κ1) is 11.3. The lowest BCUT2D eigenvalue weighted by Crippen LogP contribution is -1.98. The lowest BCUT2D eigenvalue weighted by molar-refractivity contribution is 0.310. The first-order valence-electron chi connectivity index (χ1n) is 4.57. The zero-order valence-corrected chi connectivity index (χ0v) is 9.16. The molecule has 0 N–H and O–H groups in total. The summed E-state index contributed by atoms with van der Waals surface area (Å²) in [6.45, 7) is 2.12. The highest BCUT2D eigenvalue weighted by Crippen LogP contribution is 2.36. The van der Waals surface area contributed by atoms with E-state index < -0.39 is 0 Å². The summed E-state index contributed by atoms with van der Waals surface area (Å²) < 4.78 is 15.8. The van der Waals surface area contributed by atoms with Crippen LogP contribution in [-0.4, -0.2) is 20.8 Å². The van der Waals surface area contributed by atoms with E-state index >= 15 is 0 Å². The molecule has 0 fully saturated rings. The fraction of sp³-hybridized carbons (Fsp3) is 0.333. The first-order chi connectivity index (χ1) is 7.33. The van der Waals surface area contributed by atoms with Crippen molar-refractivity contribution >= 4 is 0 Å². The predicted octanol–water partition coefficient (Wildman–Crippen LogP) is 2.11. The topological polar surface area (TPSA) is 27.7 Å². The first-order valence-corrected chi connectivity index (χ1v) is 4.57. The Kier molecular flexibility index (Phi) is 4.36. The summed E-state index contributed by atoms with van der Waals surface area (Å²) in [7, 11) is 3.17. The second kappa shape index (κ2) is 5.82. The SMILES string of the molecule is CC#CCOc1cccc(OC)c1OC. The fourth-order valence-corrected chi connectivity index (χ4v) is 1.16. The average molecular weight is 206 g/mol. The van der Waals surface area contributed by atoms with E-state index in [-0.39, 0.29) is 0 Å². The van der Waals surface area contributed by atoms with E-state index in [4.69, 9.17) is 14.2 Å². The van der Waals surface area contributed by atoms with Gasteiger partial charge in [0, 0.05) is 0 Å². The molecule has 0 aromatic heterocycles. The molecule has 0 aliphatic heterocycles. The van der Waals surface area contributed by atoms with Crippen LogP contribution in [0, 0.1) is 11.8 Å². The summed E-state index contributed by atoms with van der Waals surface area (Å²) in [5.41, 5.74) is 0. The maximum Gasteiger partial charge on any atom is 0.203 e. The van der Waals surface area contributed by atoms with Gasteiger partial charge in [-0.25, -0.2) is 0 Å². The highest BCUT2D eigenvalue weighted by Gasteiger charge is 2.09. The van der Waals surface area contributed by atoms with Crippen molar-refractivity contribution in [3.63, 3.8) is 0 Å². The van der Waals surface area contributed by atoms with Gasteiger partial charge >= 0.3 is 0 Å². The van der Waals surface area contributed by atoms with E-state index in [9.17, 15) is 0 Å². The molecule has 1 aromatic rings. The summed E-state index contributed by atoms with van der Waals surface area (Å²) in [6.07, 6.45) is 0. The van der Waals surface area contributed by atoms with Crippen molar-refractivity contribution in [3.8, 4) is 29.1 Å². The van der Waals surface area contributed by atoms with Gasteiger partial charge < -0.3 is 14.2 Å². The molecule has 0 bridgehead atoms. The predicted molar refractivity (Wildman–Crippen MR) is 58.5 cm³/mol. The van der Waals surface area contributed by atoms with Gasteiger partial charge in [-0.1, -0.05) is 12.0 Å². The van der Waals surface area contributed by atoms with Gasteiger partial charge in [-0.05, 0) is 19.1 Å². The molecule has 1 rings (SSSR count). The van der Waals surface area contributed by atoms with Crippen LogP contribution in [0.25, 0.3) is 0 Å². The molecule has 0 heterocycles. The van der Waals surface area contributed by atoms with Gasteiger partial charge in [0.15, 0.2) is 11.5 Å². The minimum absolute atomic E-state index is 0.347. The van der Waals surface area contributed by atoms with E-state index in [1.165, 1.54) is 0 Å². The molecule has 0 aliphatic rings. The monoisotopic (exact) mass is 206 g/mol. The van der Waals surface area contributed by atoms with Crippen LogP contribution in [0.5, 0.6) is 17.2 Å². The molecule has 15 heavy (non-hydrogen) atoms. The van der Waals surface area contributed by atoms with E-state index in [0.29, 0.717) is 23.9 Å². The highest BCUT2D eigenvalue weighted by atomic mass is 16.5. The van der Waals surface area contributed by atoms with Crippen molar-refractivity contribution in [1.29, 1.82) is 0 Å².